The van der Waals surface area contributed by atoms with Gasteiger partial charge in [-0.15, -0.1) is 0 Å². The van der Waals surface area contributed by atoms with Crippen LogP contribution in [0.15, 0.2) is 30.3 Å². The number of hydrogen-bond acceptors (Lipinski definition) is 4. The largest absolute Gasteiger partial charge is 0.469 e. The third-order valence-electron chi connectivity index (χ3n) is 2.86. The molecule has 0 fully saturated rings. The minimum atomic E-state index is -0.237. The second kappa shape index (κ2) is 7.84. The molecule has 18 heavy (non-hydrogen) atoms. The first-order chi connectivity index (χ1) is 8.67. The van der Waals surface area contributed by atoms with Gasteiger partial charge in [0.1, 0.15) is 0 Å². The number of hydrogen-bond donors (Lipinski definition) is 2. The van der Waals surface area contributed by atoms with E-state index < -0.39 is 0 Å². The van der Waals surface area contributed by atoms with Crippen molar-refractivity contribution < 1.29 is 14.6 Å². The van der Waals surface area contributed by atoms with Gasteiger partial charge in [0.05, 0.1) is 19.6 Å². The van der Waals surface area contributed by atoms with Gasteiger partial charge in [-0.1, -0.05) is 37.3 Å². The smallest absolute Gasteiger partial charge is 0.309 e. The maximum absolute atomic E-state index is 11.2. The van der Waals surface area contributed by atoms with E-state index in [-0.39, 0.29) is 24.5 Å². The molecule has 1 aromatic carbocycles. The molecule has 2 atom stereocenters. The quantitative estimate of drug-likeness (QED) is 0.710. The first-order valence-corrected chi connectivity index (χ1v) is 6.13. The third-order valence-corrected chi connectivity index (χ3v) is 2.86. The van der Waals surface area contributed by atoms with Gasteiger partial charge in [0.15, 0.2) is 0 Å². The Morgan fingerprint density at radius 1 is 1.39 bits per heavy atom. The molecule has 0 saturated carbocycles. The molecule has 1 aromatic rings. The lowest BCUT2D eigenvalue weighted by Crippen LogP contribution is -2.39. The molecule has 0 heterocycles. The number of aliphatic hydroxyl groups is 1. The average Bonchev–Trinajstić information content (AvgIpc) is 2.43. The first-order valence-electron chi connectivity index (χ1n) is 6.13. The van der Waals surface area contributed by atoms with Crippen LogP contribution in [0.3, 0.4) is 0 Å². The summed E-state index contributed by atoms with van der Waals surface area (Å²) in [5.41, 5.74) is 1.16. The number of rotatable bonds is 7. The molecular formula is C14H21NO3. The Balaban J connectivity index is 2.41. The van der Waals surface area contributed by atoms with Gasteiger partial charge in [-0.05, 0) is 12.0 Å². The van der Waals surface area contributed by atoms with Crippen LogP contribution in [0.5, 0.6) is 0 Å². The van der Waals surface area contributed by atoms with Crippen LogP contribution < -0.4 is 5.32 Å². The number of aliphatic hydroxyl groups excluding tert-OH is 1. The Bertz CT molecular complexity index is 353. The molecule has 0 aliphatic rings. The summed E-state index contributed by atoms with van der Waals surface area (Å²) in [5, 5.41) is 12.5. The Labute approximate surface area is 108 Å². The number of carbonyl (C=O) groups is 1. The molecule has 2 N–H and O–H groups in total. The lowest BCUT2D eigenvalue weighted by molar-refractivity contribution is -0.144. The fraction of sp³-hybridized carbons (Fsp3) is 0.500. The van der Waals surface area contributed by atoms with Crippen molar-refractivity contribution in [1.82, 2.24) is 5.32 Å². The Morgan fingerprint density at radius 3 is 2.61 bits per heavy atom. The lowest BCUT2D eigenvalue weighted by atomic mass is 10.1. The molecule has 0 amide bonds. The highest BCUT2D eigenvalue weighted by Gasteiger charge is 2.15. The van der Waals surface area contributed by atoms with E-state index in [1.807, 2.05) is 30.3 Å². The molecule has 1 rings (SSSR count). The second-order valence-corrected chi connectivity index (χ2v) is 4.40. The summed E-state index contributed by atoms with van der Waals surface area (Å²) in [6.45, 7) is 2.35. The fourth-order valence-electron chi connectivity index (χ4n) is 1.73. The highest BCUT2D eigenvalue weighted by Crippen LogP contribution is 2.04. The summed E-state index contributed by atoms with van der Waals surface area (Å²) in [5.74, 6) is -0.446. The maximum atomic E-state index is 11.2. The zero-order chi connectivity index (χ0) is 13.4. The van der Waals surface area contributed by atoms with Crippen LogP contribution in [0, 0.1) is 5.92 Å². The molecule has 0 aliphatic carbocycles. The highest BCUT2D eigenvalue weighted by atomic mass is 16.5. The Morgan fingerprint density at radius 2 is 2.06 bits per heavy atom. The van der Waals surface area contributed by atoms with E-state index in [0.29, 0.717) is 6.54 Å². The summed E-state index contributed by atoms with van der Waals surface area (Å²) < 4.78 is 4.65. The van der Waals surface area contributed by atoms with Crippen molar-refractivity contribution in [2.24, 2.45) is 5.92 Å². The van der Waals surface area contributed by atoms with Crippen LogP contribution in [0.4, 0.5) is 0 Å². The molecule has 4 heteroatoms. The van der Waals surface area contributed by atoms with E-state index in [1.54, 1.807) is 6.92 Å². The highest BCUT2D eigenvalue weighted by molar-refractivity contribution is 5.72. The van der Waals surface area contributed by atoms with Crippen molar-refractivity contribution >= 4 is 5.97 Å². The number of ether oxygens (including phenoxy) is 1. The van der Waals surface area contributed by atoms with Crippen LogP contribution in [0.25, 0.3) is 0 Å². The fourth-order valence-corrected chi connectivity index (χ4v) is 1.73. The molecule has 0 saturated heterocycles. The number of carbonyl (C=O) groups excluding carboxylic acids is 1. The van der Waals surface area contributed by atoms with Gasteiger partial charge in [-0.25, -0.2) is 0 Å². The molecule has 0 aliphatic heterocycles. The normalized spacial score (nSPS) is 13.9. The molecule has 0 aromatic heterocycles. The monoisotopic (exact) mass is 251 g/mol. The van der Waals surface area contributed by atoms with Gasteiger partial charge in [0.25, 0.3) is 0 Å². The Kier molecular flexibility index (Phi) is 6.39. The van der Waals surface area contributed by atoms with Crippen molar-refractivity contribution in [2.75, 3.05) is 20.3 Å². The molecule has 4 nitrogen and oxygen atoms in total. The standard InChI is InChI=1S/C14H21NO3/c1-11(14(17)18-2)9-15-13(10-16)8-12-6-4-3-5-7-12/h3-7,11,13,15-16H,8-10H2,1-2H3. The van der Waals surface area contributed by atoms with E-state index >= 15 is 0 Å². The number of nitrogens with one attached hydrogen (secondary N) is 1. The summed E-state index contributed by atoms with van der Waals surface area (Å²) in [6, 6.07) is 9.91. The van der Waals surface area contributed by atoms with Crippen LogP contribution in [0.1, 0.15) is 12.5 Å². The SMILES string of the molecule is COC(=O)C(C)CNC(CO)Cc1ccccc1. The summed E-state index contributed by atoms with van der Waals surface area (Å²) in [7, 11) is 1.38. The van der Waals surface area contributed by atoms with Crippen LogP contribution in [-0.2, 0) is 16.0 Å². The van der Waals surface area contributed by atoms with E-state index in [0.717, 1.165) is 12.0 Å². The Hall–Kier alpha value is -1.39. The van der Waals surface area contributed by atoms with Crippen LogP contribution in [-0.4, -0.2) is 37.4 Å². The molecule has 0 bridgehead atoms. The predicted octanol–water partition coefficient (Wildman–Crippen LogP) is 0.989. The summed E-state index contributed by atoms with van der Waals surface area (Å²) in [6.07, 6.45) is 0.741. The number of benzene rings is 1. The topological polar surface area (TPSA) is 58.6 Å². The zero-order valence-corrected chi connectivity index (χ0v) is 10.9. The minimum Gasteiger partial charge on any atom is -0.469 e. The van der Waals surface area contributed by atoms with Crippen molar-refractivity contribution in [3.8, 4) is 0 Å². The van der Waals surface area contributed by atoms with Crippen molar-refractivity contribution in [3.05, 3.63) is 35.9 Å². The first kappa shape index (κ1) is 14.7. The van der Waals surface area contributed by atoms with E-state index in [2.05, 4.69) is 10.1 Å². The van der Waals surface area contributed by atoms with E-state index in [9.17, 15) is 9.90 Å². The molecular weight excluding hydrogens is 230 g/mol. The van der Waals surface area contributed by atoms with Crippen LogP contribution >= 0.6 is 0 Å². The average molecular weight is 251 g/mol. The van der Waals surface area contributed by atoms with Gasteiger partial charge in [-0.3, -0.25) is 4.79 Å². The summed E-state index contributed by atoms with van der Waals surface area (Å²) >= 11 is 0. The zero-order valence-electron chi connectivity index (χ0n) is 10.9. The van der Waals surface area contributed by atoms with Gasteiger partial charge in [-0.2, -0.15) is 0 Å². The van der Waals surface area contributed by atoms with Crippen LogP contribution in [0.2, 0.25) is 0 Å². The summed E-state index contributed by atoms with van der Waals surface area (Å²) in [4.78, 5) is 11.2. The van der Waals surface area contributed by atoms with Crippen molar-refractivity contribution in [1.29, 1.82) is 0 Å². The van der Waals surface area contributed by atoms with Gasteiger partial charge < -0.3 is 15.2 Å². The third kappa shape index (κ3) is 4.85. The predicted molar refractivity (Wildman–Crippen MR) is 70.2 cm³/mol. The molecule has 0 spiro atoms. The van der Waals surface area contributed by atoms with Crippen molar-refractivity contribution in [2.45, 2.75) is 19.4 Å². The molecule has 0 radical (unpaired) electrons. The van der Waals surface area contributed by atoms with Gasteiger partial charge in [0, 0.05) is 12.6 Å². The minimum absolute atomic E-state index is 0.0421. The second-order valence-electron chi connectivity index (χ2n) is 4.40. The van der Waals surface area contributed by atoms with Crippen molar-refractivity contribution in [3.63, 3.8) is 0 Å². The molecule has 100 valence electrons. The van der Waals surface area contributed by atoms with E-state index in [4.69, 9.17) is 0 Å². The number of esters is 1. The van der Waals surface area contributed by atoms with Gasteiger partial charge >= 0.3 is 5.97 Å². The maximum Gasteiger partial charge on any atom is 0.309 e. The lowest BCUT2D eigenvalue weighted by Gasteiger charge is -2.18. The molecule has 2 unspecified atom stereocenters. The van der Waals surface area contributed by atoms with Gasteiger partial charge in [0.2, 0.25) is 0 Å². The van der Waals surface area contributed by atoms with E-state index in [1.165, 1.54) is 7.11 Å². The number of methoxy groups -OCH3 is 1.